The largest absolute Gasteiger partial charge is 0.420 e. The molecular formula is C30H33ClFN3O3S. The van der Waals surface area contributed by atoms with Crippen LogP contribution in [0.4, 0.5) is 20.6 Å². The molecule has 6 rings (SSSR count). The summed E-state index contributed by atoms with van der Waals surface area (Å²) in [7, 11) is 0. The monoisotopic (exact) mass is 569 g/mol. The molecule has 2 saturated heterocycles. The summed E-state index contributed by atoms with van der Waals surface area (Å²) in [5.41, 5.74) is 3.72. The van der Waals surface area contributed by atoms with Gasteiger partial charge in [0, 0.05) is 39.3 Å². The standard InChI is InChI=1S/C30H33ClFN3O3S/c1-2-20-3-5-21(6-4-20)16-33-17-23-24(18-33)25(23)19-35(30(36)38-29-26(31)9-14-39-29)22-7-8-28(27(32)15-22)34-10-12-37-13-11-34/h3-9,14-15,23-25H,2,10-13,16-19H2,1H3. The smallest absolute Gasteiger partial charge is 0.397 e. The number of carbonyl (C=O) groups is 1. The van der Waals surface area contributed by atoms with E-state index in [0.29, 0.717) is 72.1 Å². The number of rotatable bonds is 8. The number of morpholine rings is 1. The molecular weight excluding hydrogens is 537 g/mol. The van der Waals surface area contributed by atoms with Gasteiger partial charge in [0.25, 0.3) is 0 Å². The first-order chi connectivity index (χ1) is 19.0. The Labute approximate surface area is 237 Å². The van der Waals surface area contributed by atoms with E-state index in [-0.39, 0.29) is 5.82 Å². The Kier molecular flexibility index (Phi) is 7.80. The fraction of sp³-hybridized carbons (Fsp3) is 0.433. The van der Waals surface area contributed by atoms with Crippen LogP contribution >= 0.6 is 22.9 Å². The number of piperidine rings is 1. The van der Waals surface area contributed by atoms with Crippen LogP contribution in [-0.4, -0.2) is 56.9 Å². The molecule has 9 heteroatoms. The van der Waals surface area contributed by atoms with Crippen LogP contribution < -0.4 is 14.5 Å². The number of thiophene rings is 1. The van der Waals surface area contributed by atoms with Crippen LogP contribution in [0.5, 0.6) is 5.06 Å². The highest BCUT2D eigenvalue weighted by molar-refractivity contribution is 7.12. The van der Waals surface area contributed by atoms with Crippen LogP contribution in [0.25, 0.3) is 0 Å². The molecule has 2 aromatic carbocycles. The molecule has 3 fully saturated rings. The molecule has 0 spiro atoms. The second-order valence-electron chi connectivity index (χ2n) is 10.6. The van der Waals surface area contributed by atoms with Gasteiger partial charge in [-0.3, -0.25) is 9.80 Å². The molecule has 3 aromatic rings. The van der Waals surface area contributed by atoms with E-state index in [1.54, 1.807) is 22.4 Å². The number of carbonyl (C=O) groups excluding carboxylic acids is 1. The highest BCUT2D eigenvalue weighted by atomic mass is 35.5. The van der Waals surface area contributed by atoms with Gasteiger partial charge in [0.05, 0.1) is 29.6 Å². The number of anilines is 2. The van der Waals surface area contributed by atoms with Crippen LogP contribution in [0.1, 0.15) is 18.1 Å². The predicted octanol–water partition coefficient (Wildman–Crippen LogP) is 6.32. The quantitative estimate of drug-likeness (QED) is 0.317. The van der Waals surface area contributed by atoms with Gasteiger partial charge < -0.3 is 14.4 Å². The van der Waals surface area contributed by atoms with Gasteiger partial charge in [-0.05, 0) is 64.9 Å². The molecule has 2 atom stereocenters. The summed E-state index contributed by atoms with van der Waals surface area (Å²) in [6.07, 6.45) is 0.517. The van der Waals surface area contributed by atoms with Gasteiger partial charge >= 0.3 is 6.09 Å². The van der Waals surface area contributed by atoms with E-state index < -0.39 is 6.09 Å². The molecule has 3 heterocycles. The molecule has 2 aliphatic heterocycles. The number of likely N-dealkylation sites (tertiary alicyclic amines) is 1. The molecule has 3 aliphatic rings. The highest BCUT2D eigenvalue weighted by Crippen LogP contribution is 2.52. The Bertz CT molecular complexity index is 1300. The Morgan fingerprint density at radius 1 is 1.10 bits per heavy atom. The fourth-order valence-electron chi connectivity index (χ4n) is 5.98. The van der Waals surface area contributed by atoms with Crippen molar-refractivity contribution in [3.05, 3.63) is 75.9 Å². The molecule has 2 unspecified atom stereocenters. The fourth-order valence-corrected chi connectivity index (χ4v) is 6.92. The number of fused-ring (bicyclic) bond motifs is 1. The van der Waals surface area contributed by atoms with E-state index in [2.05, 4.69) is 36.1 Å². The Balaban J connectivity index is 1.14. The van der Waals surface area contributed by atoms with Crippen molar-refractivity contribution in [3.63, 3.8) is 0 Å². The zero-order chi connectivity index (χ0) is 26.9. The number of aryl methyl sites for hydroxylation is 1. The van der Waals surface area contributed by atoms with Crippen LogP contribution in [0, 0.1) is 23.6 Å². The lowest BCUT2D eigenvalue weighted by Crippen LogP contribution is -2.38. The van der Waals surface area contributed by atoms with Crippen LogP contribution in [-0.2, 0) is 17.7 Å². The summed E-state index contributed by atoms with van der Waals surface area (Å²) in [6, 6.07) is 15.6. The number of ether oxygens (including phenoxy) is 2. The topological polar surface area (TPSA) is 45.2 Å². The minimum absolute atomic E-state index is 0.349. The zero-order valence-electron chi connectivity index (χ0n) is 22.0. The lowest BCUT2D eigenvalue weighted by Gasteiger charge is -2.30. The molecule has 1 saturated carbocycles. The van der Waals surface area contributed by atoms with Crippen molar-refractivity contribution in [1.82, 2.24) is 4.90 Å². The maximum atomic E-state index is 15.3. The van der Waals surface area contributed by atoms with Crippen LogP contribution in [0.15, 0.2) is 53.9 Å². The van der Waals surface area contributed by atoms with Gasteiger partial charge in [0.1, 0.15) is 5.82 Å². The van der Waals surface area contributed by atoms with Crippen molar-refractivity contribution < 1.29 is 18.7 Å². The van der Waals surface area contributed by atoms with Gasteiger partial charge in [0.15, 0.2) is 0 Å². The lowest BCUT2D eigenvalue weighted by atomic mass is 10.1. The van der Waals surface area contributed by atoms with Gasteiger partial charge in [-0.2, -0.15) is 0 Å². The first kappa shape index (κ1) is 26.6. The lowest BCUT2D eigenvalue weighted by molar-refractivity contribution is 0.122. The Morgan fingerprint density at radius 2 is 1.82 bits per heavy atom. The van der Waals surface area contributed by atoms with Crippen LogP contribution in [0.3, 0.4) is 0 Å². The molecule has 0 radical (unpaired) electrons. The number of hydrogen-bond donors (Lipinski definition) is 0. The van der Waals surface area contributed by atoms with Gasteiger partial charge in [-0.25, -0.2) is 9.18 Å². The maximum Gasteiger partial charge on any atom is 0.420 e. The number of benzene rings is 2. The van der Waals surface area contributed by atoms with E-state index in [1.807, 2.05) is 11.0 Å². The SMILES string of the molecule is CCc1ccc(CN2CC3C(C2)C3CN(C(=O)Oc2sccc2Cl)c2ccc(N3CCOCC3)c(F)c2)cc1. The van der Waals surface area contributed by atoms with Crippen molar-refractivity contribution >= 4 is 40.4 Å². The van der Waals surface area contributed by atoms with E-state index in [0.717, 1.165) is 26.1 Å². The molecule has 1 aliphatic carbocycles. The average Bonchev–Trinajstić information content (AvgIpc) is 3.22. The molecule has 1 amide bonds. The highest BCUT2D eigenvalue weighted by Gasteiger charge is 2.56. The number of hydrogen-bond acceptors (Lipinski definition) is 6. The van der Waals surface area contributed by atoms with E-state index >= 15 is 4.39 Å². The van der Waals surface area contributed by atoms with Crippen LogP contribution in [0.2, 0.25) is 5.02 Å². The third-order valence-corrected chi connectivity index (χ3v) is 9.46. The van der Waals surface area contributed by atoms with Crippen molar-refractivity contribution in [2.75, 3.05) is 55.7 Å². The molecule has 0 N–H and O–H groups in total. The van der Waals surface area contributed by atoms with Crippen molar-refractivity contribution in [2.45, 2.75) is 19.9 Å². The summed E-state index contributed by atoms with van der Waals surface area (Å²) < 4.78 is 26.4. The van der Waals surface area contributed by atoms with E-state index in [1.165, 1.54) is 28.5 Å². The summed E-state index contributed by atoms with van der Waals surface area (Å²) in [5.74, 6) is 1.06. The molecule has 39 heavy (non-hydrogen) atoms. The Morgan fingerprint density at radius 3 is 2.46 bits per heavy atom. The first-order valence-electron chi connectivity index (χ1n) is 13.6. The second kappa shape index (κ2) is 11.5. The summed E-state index contributed by atoms with van der Waals surface area (Å²) >= 11 is 7.46. The van der Waals surface area contributed by atoms with Crippen molar-refractivity contribution in [1.29, 1.82) is 0 Å². The van der Waals surface area contributed by atoms with Crippen molar-refractivity contribution in [3.8, 4) is 5.06 Å². The average molecular weight is 570 g/mol. The van der Waals surface area contributed by atoms with E-state index in [4.69, 9.17) is 21.1 Å². The van der Waals surface area contributed by atoms with Crippen molar-refractivity contribution in [2.24, 2.45) is 17.8 Å². The molecule has 206 valence electrons. The van der Waals surface area contributed by atoms with E-state index in [9.17, 15) is 4.79 Å². The Hall–Kier alpha value is -2.65. The zero-order valence-corrected chi connectivity index (χ0v) is 23.6. The summed E-state index contributed by atoms with van der Waals surface area (Å²) in [5, 5.41) is 2.53. The normalized spacial score (nSPS) is 22.5. The van der Waals surface area contributed by atoms with Gasteiger partial charge in [-0.1, -0.05) is 42.8 Å². The number of halogens is 2. The predicted molar refractivity (Wildman–Crippen MR) is 154 cm³/mol. The molecule has 6 nitrogen and oxygen atoms in total. The van der Waals surface area contributed by atoms with Gasteiger partial charge in [-0.15, -0.1) is 11.3 Å². The summed E-state index contributed by atoms with van der Waals surface area (Å²) in [4.78, 5) is 19.5. The third-order valence-electron chi connectivity index (χ3n) is 8.26. The first-order valence-corrected chi connectivity index (χ1v) is 14.9. The third kappa shape index (κ3) is 5.80. The maximum absolute atomic E-state index is 15.3. The number of nitrogens with zero attached hydrogens (tertiary/aromatic N) is 3. The molecule has 1 aromatic heterocycles. The summed E-state index contributed by atoms with van der Waals surface area (Å²) in [6.45, 7) is 8.06. The molecule has 0 bridgehead atoms. The number of amides is 1. The second-order valence-corrected chi connectivity index (χ2v) is 11.9. The minimum Gasteiger partial charge on any atom is -0.397 e. The van der Waals surface area contributed by atoms with Gasteiger partial charge in [0.2, 0.25) is 5.06 Å². The minimum atomic E-state index is -0.532.